The highest BCUT2D eigenvalue weighted by atomic mass is 32.2. The molecule has 1 heterocycles. The van der Waals surface area contributed by atoms with Gasteiger partial charge in [0.2, 0.25) is 0 Å². The van der Waals surface area contributed by atoms with Gasteiger partial charge in [-0.2, -0.15) is 0 Å². The summed E-state index contributed by atoms with van der Waals surface area (Å²) in [6, 6.07) is 14.6. The molecule has 1 aliphatic rings. The summed E-state index contributed by atoms with van der Waals surface area (Å²) < 4.78 is 4.86. The van der Waals surface area contributed by atoms with Gasteiger partial charge in [-0.15, -0.1) is 4.33 Å². The summed E-state index contributed by atoms with van der Waals surface area (Å²) in [5.74, 6) is -0.253. The van der Waals surface area contributed by atoms with Crippen LogP contribution in [0, 0.1) is 0 Å². The lowest BCUT2D eigenvalue weighted by Gasteiger charge is -2.40. The van der Waals surface area contributed by atoms with Crippen molar-refractivity contribution in [3.8, 4) is 5.75 Å². The molecule has 0 unspecified atom stereocenters. The van der Waals surface area contributed by atoms with E-state index in [0.29, 0.717) is 25.1 Å². The van der Waals surface area contributed by atoms with E-state index >= 15 is 0 Å². The Bertz CT molecular complexity index is 836. The molecule has 0 amide bonds. The molecule has 3 rings (SSSR count). The molecule has 168 valence electrons. The molecule has 0 atom stereocenters. The van der Waals surface area contributed by atoms with Crippen molar-refractivity contribution in [1.82, 2.24) is 4.90 Å². The van der Waals surface area contributed by atoms with Crippen LogP contribution in [-0.4, -0.2) is 66.2 Å². The van der Waals surface area contributed by atoms with Gasteiger partial charge in [-0.1, -0.05) is 12.1 Å². The first kappa shape index (κ1) is 23.4. The molecule has 1 fully saturated rings. The van der Waals surface area contributed by atoms with E-state index in [4.69, 9.17) is 14.3 Å². The first-order valence-corrected chi connectivity index (χ1v) is 11.5. The Balaban J connectivity index is 1.44. The number of carboxylic acid groups (broad SMARTS) is 1. The number of likely N-dealkylation sites (N-methyl/N-ethyl adjacent to an activating group) is 1. The number of benzene rings is 2. The number of likely N-dealkylation sites (tertiary alicyclic amines) is 1. The number of carbonyl (C=O) groups is 1. The Morgan fingerprint density at radius 3 is 2.35 bits per heavy atom. The van der Waals surface area contributed by atoms with Crippen LogP contribution in [0.1, 0.15) is 28.8 Å². The maximum absolute atomic E-state index is 11.1. The van der Waals surface area contributed by atoms with E-state index in [1.807, 2.05) is 36.2 Å². The van der Waals surface area contributed by atoms with E-state index in [2.05, 4.69) is 4.90 Å². The second-order valence-electron chi connectivity index (χ2n) is 7.99. The van der Waals surface area contributed by atoms with E-state index in [1.54, 1.807) is 30.5 Å². The van der Waals surface area contributed by atoms with Crippen LogP contribution in [0.15, 0.2) is 48.5 Å². The van der Waals surface area contributed by atoms with Crippen LogP contribution >= 0.6 is 12.0 Å². The summed E-state index contributed by atoms with van der Waals surface area (Å²) >= 11 is 1.16. The molecular formula is C23H30N2O5S. The highest BCUT2D eigenvalue weighted by molar-refractivity contribution is 7.93. The predicted octanol–water partition coefficient (Wildman–Crippen LogP) is 3.48. The molecule has 0 radical (unpaired) electrons. The third kappa shape index (κ3) is 6.87. The minimum absolute atomic E-state index is 0.264. The summed E-state index contributed by atoms with van der Waals surface area (Å²) in [5.41, 5.74) is 1.66. The van der Waals surface area contributed by atoms with E-state index in [1.165, 1.54) is 5.56 Å². The quantitative estimate of drug-likeness (QED) is 0.326. The topological polar surface area (TPSA) is 82.5 Å². The zero-order valence-electron chi connectivity index (χ0n) is 18.0. The lowest BCUT2D eigenvalue weighted by Crippen LogP contribution is -2.50. The second kappa shape index (κ2) is 10.9. The normalized spacial score (nSPS) is 16.1. The molecular weight excluding hydrogens is 416 g/mol. The predicted molar refractivity (Wildman–Crippen MR) is 123 cm³/mol. The van der Waals surface area contributed by atoms with Crippen molar-refractivity contribution in [2.45, 2.75) is 24.9 Å². The average Bonchev–Trinajstić information content (AvgIpc) is 2.78. The number of nitrogens with zero attached hydrogens (tertiary/aromatic N) is 2. The third-order valence-electron chi connectivity index (χ3n) is 5.71. The Morgan fingerprint density at radius 2 is 1.77 bits per heavy atom. The molecule has 2 N–H and O–H groups in total. The van der Waals surface area contributed by atoms with Gasteiger partial charge in [0.15, 0.2) is 5.75 Å². The molecule has 7 nitrogen and oxygen atoms in total. The van der Waals surface area contributed by atoms with Crippen LogP contribution in [0.2, 0.25) is 0 Å². The number of hydrogen-bond acceptors (Lipinski definition) is 7. The van der Waals surface area contributed by atoms with Gasteiger partial charge < -0.3 is 24.9 Å². The Morgan fingerprint density at radius 1 is 1.13 bits per heavy atom. The molecule has 0 aliphatic carbocycles. The molecule has 2 aromatic rings. The van der Waals surface area contributed by atoms with Crippen LogP contribution in [0.4, 0.5) is 5.69 Å². The Kier molecular flexibility index (Phi) is 8.20. The molecule has 8 heteroatoms. The van der Waals surface area contributed by atoms with Crippen LogP contribution < -0.4 is 9.79 Å². The number of rotatable bonds is 10. The Hall–Kier alpha value is -2.26. The van der Waals surface area contributed by atoms with Crippen molar-refractivity contribution < 1.29 is 24.2 Å². The highest BCUT2D eigenvalue weighted by Crippen LogP contribution is 2.26. The molecule has 0 spiro atoms. The number of anilines is 1. The third-order valence-corrected chi connectivity index (χ3v) is 5.92. The summed E-state index contributed by atoms with van der Waals surface area (Å²) in [7, 11) is 1.93. The highest BCUT2D eigenvalue weighted by Gasteiger charge is 2.33. The van der Waals surface area contributed by atoms with Crippen molar-refractivity contribution in [2.24, 2.45) is 0 Å². The Labute approximate surface area is 187 Å². The largest absolute Gasteiger partial charge is 0.478 e. The van der Waals surface area contributed by atoms with E-state index in [0.717, 1.165) is 43.8 Å². The van der Waals surface area contributed by atoms with Crippen molar-refractivity contribution in [1.29, 1.82) is 0 Å². The fourth-order valence-corrected chi connectivity index (χ4v) is 3.96. The first-order valence-electron chi connectivity index (χ1n) is 10.3. The molecule has 31 heavy (non-hydrogen) atoms. The number of piperidine rings is 1. The van der Waals surface area contributed by atoms with E-state index in [9.17, 15) is 9.90 Å². The fourth-order valence-electron chi connectivity index (χ4n) is 3.81. The smallest absolute Gasteiger partial charge is 0.335 e. The van der Waals surface area contributed by atoms with Gasteiger partial charge in [0, 0.05) is 57.2 Å². The standard InChI is InChI=1S/C23H30N2O5S/c1-24(20-7-5-19(6-8-20)22(26)27)17-23(28)12-15-25(16-13-23)14-11-18-3-9-21(10-4-18)29-30-31-2/h3-10,28H,11-17H2,1-2H3,(H,26,27). The van der Waals surface area contributed by atoms with Crippen LogP contribution in [0.3, 0.4) is 0 Å². The SMILES string of the molecule is CSOOc1ccc(CCN2CCC(O)(CN(C)c3ccc(C(=O)O)cc3)CC2)cc1. The first-order chi connectivity index (χ1) is 14.9. The summed E-state index contributed by atoms with van der Waals surface area (Å²) in [5, 5.41) is 20.1. The minimum Gasteiger partial charge on any atom is -0.478 e. The monoisotopic (exact) mass is 446 g/mol. The molecule has 0 bridgehead atoms. The molecule has 2 aromatic carbocycles. The van der Waals surface area contributed by atoms with Gasteiger partial charge in [-0.25, -0.2) is 4.79 Å². The lowest BCUT2D eigenvalue weighted by atomic mass is 9.90. The van der Waals surface area contributed by atoms with Crippen molar-refractivity contribution >= 4 is 23.7 Å². The van der Waals surface area contributed by atoms with Crippen molar-refractivity contribution in [2.75, 3.05) is 44.4 Å². The van der Waals surface area contributed by atoms with Gasteiger partial charge in [-0.05, 0) is 61.2 Å². The summed E-state index contributed by atoms with van der Waals surface area (Å²) in [6.45, 7) is 3.17. The molecule has 1 aliphatic heterocycles. The van der Waals surface area contributed by atoms with Crippen LogP contribution in [0.5, 0.6) is 5.75 Å². The number of aliphatic hydroxyl groups is 1. The molecule has 0 aromatic heterocycles. The maximum Gasteiger partial charge on any atom is 0.335 e. The van der Waals surface area contributed by atoms with Crippen molar-refractivity contribution in [3.05, 3.63) is 59.7 Å². The maximum atomic E-state index is 11.1. The minimum atomic E-state index is -0.936. The average molecular weight is 447 g/mol. The van der Waals surface area contributed by atoms with Crippen LogP contribution in [0.25, 0.3) is 0 Å². The molecule has 0 saturated carbocycles. The van der Waals surface area contributed by atoms with Crippen molar-refractivity contribution in [3.63, 3.8) is 0 Å². The van der Waals surface area contributed by atoms with Gasteiger partial charge in [0.1, 0.15) is 0 Å². The fraction of sp³-hybridized carbons (Fsp3) is 0.435. The molecule has 1 saturated heterocycles. The van der Waals surface area contributed by atoms with Gasteiger partial charge >= 0.3 is 5.97 Å². The number of carboxylic acids is 1. The van der Waals surface area contributed by atoms with Gasteiger partial charge in [-0.3, -0.25) is 0 Å². The number of hydrogen-bond donors (Lipinski definition) is 2. The van der Waals surface area contributed by atoms with Crippen LogP contribution in [-0.2, 0) is 10.8 Å². The summed E-state index contributed by atoms with van der Waals surface area (Å²) in [6.07, 6.45) is 4.16. The van der Waals surface area contributed by atoms with E-state index in [-0.39, 0.29) is 5.56 Å². The van der Waals surface area contributed by atoms with Gasteiger partial charge in [0.05, 0.1) is 11.2 Å². The zero-order valence-corrected chi connectivity index (χ0v) is 18.8. The second-order valence-corrected chi connectivity index (χ2v) is 8.46. The summed E-state index contributed by atoms with van der Waals surface area (Å²) in [4.78, 5) is 20.5. The van der Waals surface area contributed by atoms with E-state index < -0.39 is 11.6 Å². The number of aromatic carboxylic acids is 1. The van der Waals surface area contributed by atoms with Gasteiger partial charge in [0.25, 0.3) is 0 Å². The lowest BCUT2D eigenvalue weighted by molar-refractivity contribution is -0.0770. The zero-order chi connectivity index (χ0) is 22.3.